The van der Waals surface area contributed by atoms with Crippen molar-refractivity contribution in [3.8, 4) is 0 Å². The van der Waals surface area contributed by atoms with Crippen molar-refractivity contribution in [1.29, 1.82) is 0 Å². The summed E-state index contributed by atoms with van der Waals surface area (Å²) in [6.45, 7) is 3.62. The van der Waals surface area contributed by atoms with Crippen molar-refractivity contribution in [3.05, 3.63) is 24.3 Å². The summed E-state index contributed by atoms with van der Waals surface area (Å²) >= 11 is 0. The molecule has 0 radical (unpaired) electrons. The first-order valence-corrected chi connectivity index (χ1v) is 27.7. The Labute approximate surface area is 399 Å². The molecule has 1 fully saturated rings. The van der Waals surface area contributed by atoms with E-state index in [0.29, 0.717) is 12.8 Å². The van der Waals surface area contributed by atoms with Crippen molar-refractivity contribution in [2.75, 3.05) is 13.2 Å². The van der Waals surface area contributed by atoms with E-state index in [4.69, 9.17) is 9.47 Å². The number of allylic oxidation sites excluding steroid dienone is 3. The van der Waals surface area contributed by atoms with E-state index in [1.54, 1.807) is 6.08 Å². The number of ether oxygens (including phenoxy) is 2. The Hall–Kier alpha value is -1.37. The maximum absolute atomic E-state index is 13.1. The van der Waals surface area contributed by atoms with Gasteiger partial charge >= 0.3 is 0 Å². The first kappa shape index (κ1) is 61.6. The number of carbonyl (C=O) groups excluding carboxylic acids is 1. The molecular formula is C55H105NO9. The van der Waals surface area contributed by atoms with Gasteiger partial charge in [-0.3, -0.25) is 4.79 Å². The number of hydrogen-bond donors (Lipinski definition) is 7. The Morgan fingerprint density at radius 1 is 0.523 bits per heavy atom. The molecule has 1 saturated heterocycles. The van der Waals surface area contributed by atoms with Gasteiger partial charge in [0.15, 0.2) is 6.29 Å². The van der Waals surface area contributed by atoms with Gasteiger partial charge in [0.25, 0.3) is 0 Å². The van der Waals surface area contributed by atoms with Crippen LogP contribution in [0.1, 0.15) is 258 Å². The number of carbonyl (C=O) groups is 1. The predicted molar refractivity (Wildman–Crippen MR) is 269 cm³/mol. The topological polar surface area (TPSA) is 169 Å². The molecule has 8 atom stereocenters. The summed E-state index contributed by atoms with van der Waals surface area (Å²) in [5.41, 5.74) is 0. The molecule has 0 spiro atoms. The molecule has 0 saturated carbocycles. The average molecular weight is 924 g/mol. The zero-order valence-corrected chi connectivity index (χ0v) is 42.1. The zero-order valence-electron chi connectivity index (χ0n) is 42.1. The number of amides is 1. The van der Waals surface area contributed by atoms with Crippen LogP contribution in [0.4, 0.5) is 0 Å². The summed E-state index contributed by atoms with van der Waals surface area (Å²) < 4.78 is 11.2. The van der Waals surface area contributed by atoms with E-state index in [1.807, 2.05) is 6.08 Å². The van der Waals surface area contributed by atoms with E-state index in [-0.39, 0.29) is 6.61 Å². The first-order chi connectivity index (χ1) is 31.8. The fourth-order valence-electron chi connectivity index (χ4n) is 8.89. The predicted octanol–water partition coefficient (Wildman–Crippen LogP) is 12.0. The molecule has 8 unspecified atom stereocenters. The fraction of sp³-hybridized carbons (Fsp3) is 0.909. The maximum Gasteiger partial charge on any atom is 0.249 e. The summed E-state index contributed by atoms with van der Waals surface area (Å²) in [4.78, 5) is 13.1. The quantitative estimate of drug-likeness (QED) is 0.0232. The van der Waals surface area contributed by atoms with Crippen LogP contribution in [-0.2, 0) is 14.3 Å². The van der Waals surface area contributed by atoms with Crippen molar-refractivity contribution in [1.82, 2.24) is 5.32 Å². The minimum atomic E-state index is -1.61. The van der Waals surface area contributed by atoms with Crippen molar-refractivity contribution < 1.29 is 44.9 Å². The molecule has 1 amide bonds. The van der Waals surface area contributed by atoms with Crippen LogP contribution in [0.15, 0.2) is 24.3 Å². The number of nitrogens with one attached hydrogen (secondary N) is 1. The summed E-state index contributed by atoms with van der Waals surface area (Å²) in [6, 6.07) is -0.994. The molecule has 0 aromatic rings. The molecule has 384 valence electrons. The minimum Gasteiger partial charge on any atom is -0.394 e. The standard InChI is InChI=1S/C55H105NO9/c1-3-5-7-9-11-13-15-17-19-21-22-23-24-25-26-28-30-32-34-36-38-40-42-44-49(59)54(63)56-47(46-64-55-53(62)52(61)51(60)50(45-57)65-55)48(58)43-41-39-37-35-33-31-29-27-20-18-16-14-12-10-8-6-4-2/h33,35,41,43,47-53,55,57-62H,3-32,34,36-40,42,44-46H2,1-2H3,(H,56,63)/b35-33+,43-41+. The second kappa shape index (κ2) is 45.1. The molecule has 10 heteroatoms. The highest BCUT2D eigenvalue weighted by molar-refractivity contribution is 5.80. The molecular weight excluding hydrogens is 819 g/mol. The summed E-state index contributed by atoms with van der Waals surface area (Å²) in [6.07, 6.45) is 45.6. The van der Waals surface area contributed by atoms with Crippen LogP contribution in [0.25, 0.3) is 0 Å². The third-order valence-electron chi connectivity index (χ3n) is 13.4. The number of rotatable bonds is 47. The number of aliphatic hydroxyl groups excluding tert-OH is 6. The highest BCUT2D eigenvalue weighted by Crippen LogP contribution is 2.23. The molecule has 0 bridgehead atoms. The Bertz CT molecular complexity index is 1090. The SMILES string of the molecule is CCCCCCCCCCCCC/C=C/CC/C=C/C(O)C(COC1OC(CO)C(O)C(O)C1O)NC(=O)C(O)CCCCCCCCCCCCCCCCCCCCCCCCC. The number of aliphatic hydroxyl groups is 6. The summed E-state index contributed by atoms with van der Waals surface area (Å²) in [7, 11) is 0. The Kier molecular flexibility index (Phi) is 42.8. The zero-order chi connectivity index (χ0) is 47.4. The van der Waals surface area contributed by atoms with E-state index in [0.717, 1.165) is 38.5 Å². The third kappa shape index (κ3) is 34.6. The van der Waals surface area contributed by atoms with Crippen molar-refractivity contribution in [3.63, 3.8) is 0 Å². The molecule has 7 N–H and O–H groups in total. The lowest BCUT2D eigenvalue weighted by atomic mass is 9.99. The van der Waals surface area contributed by atoms with Gasteiger partial charge in [-0.1, -0.05) is 250 Å². The first-order valence-electron chi connectivity index (χ1n) is 27.7. The molecule has 1 heterocycles. The molecule has 10 nitrogen and oxygen atoms in total. The van der Waals surface area contributed by atoms with Gasteiger partial charge in [-0.05, 0) is 32.1 Å². The molecule has 1 rings (SSSR count). The van der Waals surface area contributed by atoms with Gasteiger partial charge < -0.3 is 45.4 Å². The van der Waals surface area contributed by atoms with Gasteiger partial charge in [-0.25, -0.2) is 0 Å². The van der Waals surface area contributed by atoms with Crippen LogP contribution in [0.5, 0.6) is 0 Å². The molecule has 0 aliphatic carbocycles. The van der Waals surface area contributed by atoms with Crippen LogP contribution in [0.2, 0.25) is 0 Å². The van der Waals surface area contributed by atoms with Gasteiger partial charge in [0, 0.05) is 0 Å². The molecule has 65 heavy (non-hydrogen) atoms. The second-order valence-electron chi connectivity index (χ2n) is 19.5. The molecule has 0 aromatic carbocycles. The molecule has 1 aliphatic rings. The molecule has 0 aromatic heterocycles. The van der Waals surface area contributed by atoms with Gasteiger partial charge in [0.05, 0.1) is 25.4 Å². The highest BCUT2D eigenvalue weighted by atomic mass is 16.7. The summed E-state index contributed by atoms with van der Waals surface area (Å²) in [5, 5.41) is 64.9. The van der Waals surface area contributed by atoms with E-state index in [2.05, 4.69) is 31.3 Å². The lowest BCUT2D eigenvalue weighted by molar-refractivity contribution is -0.302. The largest absolute Gasteiger partial charge is 0.394 e. The van der Waals surface area contributed by atoms with Crippen LogP contribution in [-0.4, -0.2) is 98.7 Å². The minimum absolute atomic E-state index is 0.308. The fourth-order valence-corrected chi connectivity index (χ4v) is 8.89. The van der Waals surface area contributed by atoms with Crippen LogP contribution >= 0.6 is 0 Å². The Morgan fingerprint density at radius 2 is 0.908 bits per heavy atom. The van der Waals surface area contributed by atoms with Crippen molar-refractivity contribution in [2.45, 2.75) is 307 Å². The van der Waals surface area contributed by atoms with Gasteiger partial charge in [0.2, 0.25) is 5.91 Å². The Balaban J connectivity index is 2.30. The van der Waals surface area contributed by atoms with Crippen LogP contribution in [0.3, 0.4) is 0 Å². The Morgan fingerprint density at radius 3 is 1.34 bits per heavy atom. The van der Waals surface area contributed by atoms with E-state index >= 15 is 0 Å². The van der Waals surface area contributed by atoms with Crippen molar-refractivity contribution in [2.24, 2.45) is 0 Å². The lowest BCUT2D eigenvalue weighted by Gasteiger charge is -2.40. The number of unbranched alkanes of at least 4 members (excludes halogenated alkanes) is 34. The monoisotopic (exact) mass is 924 g/mol. The van der Waals surface area contributed by atoms with E-state index < -0.39 is 61.5 Å². The average Bonchev–Trinajstić information content (AvgIpc) is 3.31. The smallest absolute Gasteiger partial charge is 0.249 e. The lowest BCUT2D eigenvalue weighted by Crippen LogP contribution is -2.60. The van der Waals surface area contributed by atoms with Gasteiger partial charge in [-0.2, -0.15) is 0 Å². The maximum atomic E-state index is 13.1. The normalized spacial score (nSPS) is 20.5. The van der Waals surface area contributed by atoms with Crippen LogP contribution in [0, 0.1) is 0 Å². The molecule has 1 aliphatic heterocycles. The number of hydrogen-bond acceptors (Lipinski definition) is 9. The van der Waals surface area contributed by atoms with Gasteiger partial charge in [-0.15, -0.1) is 0 Å². The third-order valence-corrected chi connectivity index (χ3v) is 13.4. The highest BCUT2D eigenvalue weighted by Gasteiger charge is 2.44. The van der Waals surface area contributed by atoms with Crippen LogP contribution < -0.4 is 5.32 Å². The second-order valence-corrected chi connectivity index (χ2v) is 19.5. The van der Waals surface area contributed by atoms with E-state index in [9.17, 15) is 35.4 Å². The van der Waals surface area contributed by atoms with Gasteiger partial charge in [0.1, 0.15) is 30.5 Å². The summed E-state index contributed by atoms with van der Waals surface area (Å²) in [5.74, 6) is -0.621. The van der Waals surface area contributed by atoms with E-state index in [1.165, 1.54) is 193 Å². The van der Waals surface area contributed by atoms with Crippen molar-refractivity contribution >= 4 is 5.91 Å².